The fraction of sp³-hybridized carbons (Fsp3) is 0.923. The van der Waals surface area contributed by atoms with Gasteiger partial charge in [0.25, 0.3) is 0 Å². The Balaban J connectivity index is 2.54. The summed E-state index contributed by atoms with van der Waals surface area (Å²) < 4.78 is 0. The molecule has 0 heterocycles. The molecule has 1 unspecified atom stereocenters. The van der Waals surface area contributed by atoms with Crippen LogP contribution >= 0.6 is 0 Å². The van der Waals surface area contributed by atoms with Gasteiger partial charge in [-0.3, -0.25) is 4.79 Å². The molecule has 0 aromatic carbocycles. The normalized spacial score (nSPS) is 20.6. The number of hydrogen-bond donors (Lipinski definition) is 1. The van der Waals surface area contributed by atoms with Crippen LogP contribution in [-0.4, -0.2) is 29.9 Å². The monoisotopic (exact) mass is 226 g/mol. The van der Waals surface area contributed by atoms with Crippen LogP contribution in [-0.2, 0) is 4.79 Å². The SMILES string of the molecule is CC(C)C(N)C(=O)N(C)C1CCCCCC1. The summed E-state index contributed by atoms with van der Waals surface area (Å²) in [6.45, 7) is 4.01. The molecule has 0 aromatic heterocycles. The number of carbonyl (C=O) groups is 1. The number of rotatable bonds is 3. The highest BCUT2D eigenvalue weighted by molar-refractivity contribution is 5.81. The Hall–Kier alpha value is -0.570. The highest BCUT2D eigenvalue weighted by atomic mass is 16.2. The maximum Gasteiger partial charge on any atom is 0.239 e. The van der Waals surface area contributed by atoms with E-state index in [1.165, 1.54) is 25.7 Å². The summed E-state index contributed by atoms with van der Waals surface area (Å²) in [6.07, 6.45) is 7.42. The second kappa shape index (κ2) is 6.24. The van der Waals surface area contributed by atoms with E-state index < -0.39 is 0 Å². The van der Waals surface area contributed by atoms with Crippen LogP contribution in [0, 0.1) is 5.92 Å². The summed E-state index contributed by atoms with van der Waals surface area (Å²) in [4.78, 5) is 14.0. The van der Waals surface area contributed by atoms with Gasteiger partial charge in [-0.25, -0.2) is 0 Å². The Morgan fingerprint density at radius 1 is 1.19 bits per heavy atom. The lowest BCUT2D eigenvalue weighted by Crippen LogP contribution is -2.48. The number of likely N-dealkylation sites (N-methyl/N-ethyl adjacent to an activating group) is 1. The Morgan fingerprint density at radius 3 is 2.12 bits per heavy atom. The lowest BCUT2D eigenvalue weighted by molar-refractivity contribution is -0.134. The number of nitrogens with zero attached hydrogens (tertiary/aromatic N) is 1. The third-order valence-corrected chi connectivity index (χ3v) is 3.72. The minimum Gasteiger partial charge on any atom is -0.341 e. The van der Waals surface area contributed by atoms with Crippen LogP contribution in [0.2, 0.25) is 0 Å². The van der Waals surface area contributed by atoms with Gasteiger partial charge in [0.15, 0.2) is 0 Å². The highest BCUT2D eigenvalue weighted by Gasteiger charge is 2.26. The molecule has 0 radical (unpaired) electrons. The van der Waals surface area contributed by atoms with Crippen LogP contribution < -0.4 is 5.73 Å². The van der Waals surface area contributed by atoms with Crippen molar-refractivity contribution in [3.8, 4) is 0 Å². The minimum absolute atomic E-state index is 0.113. The smallest absolute Gasteiger partial charge is 0.239 e. The average molecular weight is 226 g/mol. The van der Waals surface area contributed by atoms with Gasteiger partial charge in [-0.1, -0.05) is 39.5 Å². The molecule has 3 heteroatoms. The molecule has 0 aliphatic heterocycles. The molecule has 1 rings (SSSR count). The standard InChI is InChI=1S/C13H26N2O/c1-10(2)12(14)13(16)15(3)11-8-6-4-5-7-9-11/h10-12H,4-9,14H2,1-3H3. The van der Waals surface area contributed by atoms with Crippen molar-refractivity contribution in [3.05, 3.63) is 0 Å². The van der Waals surface area contributed by atoms with Crippen LogP contribution in [0.5, 0.6) is 0 Å². The number of nitrogens with two attached hydrogens (primary N) is 1. The molecule has 0 bridgehead atoms. The highest BCUT2D eigenvalue weighted by Crippen LogP contribution is 2.21. The zero-order chi connectivity index (χ0) is 12.1. The van der Waals surface area contributed by atoms with Crippen LogP contribution in [0.3, 0.4) is 0 Å². The molecular weight excluding hydrogens is 200 g/mol. The van der Waals surface area contributed by atoms with E-state index in [0.717, 1.165) is 12.8 Å². The summed E-state index contributed by atoms with van der Waals surface area (Å²) in [5.41, 5.74) is 5.92. The summed E-state index contributed by atoms with van der Waals surface area (Å²) >= 11 is 0. The molecule has 94 valence electrons. The predicted octanol–water partition coefficient (Wildman–Crippen LogP) is 2.15. The first-order valence-corrected chi connectivity index (χ1v) is 6.56. The fourth-order valence-corrected chi connectivity index (χ4v) is 2.35. The summed E-state index contributed by atoms with van der Waals surface area (Å²) in [5, 5.41) is 0. The van der Waals surface area contributed by atoms with Crippen molar-refractivity contribution in [1.29, 1.82) is 0 Å². The van der Waals surface area contributed by atoms with Crippen molar-refractivity contribution >= 4 is 5.91 Å². The quantitative estimate of drug-likeness (QED) is 0.750. The third kappa shape index (κ3) is 3.48. The molecule has 0 aromatic rings. The molecule has 1 aliphatic carbocycles. The Morgan fingerprint density at radius 2 is 1.69 bits per heavy atom. The van der Waals surface area contributed by atoms with E-state index in [-0.39, 0.29) is 17.9 Å². The van der Waals surface area contributed by atoms with Gasteiger partial charge in [-0.2, -0.15) is 0 Å². The van der Waals surface area contributed by atoms with Crippen molar-refractivity contribution < 1.29 is 4.79 Å². The van der Waals surface area contributed by atoms with Crippen LogP contribution in [0.1, 0.15) is 52.4 Å². The van der Waals surface area contributed by atoms with E-state index in [9.17, 15) is 4.79 Å². The Kier molecular flexibility index (Phi) is 5.26. The zero-order valence-electron chi connectivity index (χ0n) is 10.9. The van der Waals surface area contributed by atoms with Crippen LogP contribution in [0.15, 0.2) is 0 Å². The molecular formula is C13H26N2O. The summed E-state index contributed by atoms with van der Waals surface area (Å²) in [5.74, 6) is 0.336. The minimum atomic E-state index is -0.340. The molecule has 1 fully saturated rings. The second-order valence-corrected chi connectivity index (χ2v) is 5.36. The topological polar surface area (TPSA) is 46.3 Å². The Labute approximate surface area is 99.4 Å². The lowest BCUT2D eigenvalue weighted by atomic mass is 10.0. The number of amides is 1. The molecule has 16 heavy (non-hydrogen) atoms. The Bertz CT molecular complexity index is 220. The number of hydrogen-bond acceptors (Lipinski definition) is 2. The first-order chi connectivity index (χ1) is 7.54. The van der Waals surface area contributed by atoms with Crippen molar-refractivity contribution in [3.63, 3.8) is 0 Å². The van der Waals surface area contributed by atoms with Crippen molar-refractivity contribution in [2.75, 3.05) is 7.05 Å². The van der Waals surface area contributed by atoms with Crippen molar-refractivity contribution in [2.24, 2.45) is 11.7 Å². The fourth-order valence-electron chi connectivity index (χ4n) is 2.35. The van der Waals surface area contributed by atoms with Crippen molar-refractivity contribution in [2.45, 2.75) is 64.5 Å². The molecule has 3 nitrogen and oxygen atoms in total. The van der Waals surface area contributed by atoms with Crippen LogP contribution in [0.4, 0.5) is 0 Å². The van der Waals surface area contributed by atoms with E-state index in [4.69, 9.17) is 5.73 Å². The van der Waals surface area contributed by atoms with E-state index in [1.807, 2.05) is 25.8 Å². The largest absolute Gasteiger partial charge is 0.341 e. The van der Waals surface area contributed by atoms with Gasteiger partial charge in [-0.05, 0) is 18.8 Å². The van der Waals surface area contributed by atoms with E-state index in [1.54, 1.807) is 0 Å². The second-order valence-electron chi connectivity index (χ2n) is 5.36. The predicted molar refractivity (Wildman–Crippen MR) is 67.1 cm³/mol. The van der Waals surface area contributed by atoms with E-state index >= 15 is 0 Å². The first kappa shape index (κ1) is 13.5. The van der Waals surface area contributed by atoms with Gasteiger partial charge < -0.3 is 10.6 Å². The van der Waals surface area contributed by atoms with Gasteiger partial charge in [0.2, 0.25) is 5.91 Å². The average Bonchev–Trinajstić information content (AvgIpc) is 2.54. The molecule has 1 aliphatic rings. The lowest BCUT2D eigenvalue weighted by Gasteiger charge is -2.30. The zero-order valence-corrected chi connectivity index (χ0v) is 10.9. The van der Waals surface area contributed by atoms with Gasteiger partial charge in [0.05, 0.1) is 6.04 Å². The van der Waals surface area contributed by atoms with Gasteiger partial charge in [-0.15, -0.1) is 0 Å². The van der Waals surface area contributed by atoms with Crippen LogP contribution in [0.25, 0.3) is 0 Å². The summed E-state index contributed by atoms with van der Waals surface area (Å²) in [6, 6.07) is 0.0769. The summed E-state index contributed by atoms with van der Waals surface area (Å²) in [7, 11) is 1.92. The van der Waals surface area contributed by atoms with Crippen molar-refractivity contribution in [1.82, 2.24) is 4.90 Å². The van der Waals surface area contributed by atoms with Gasteiger partial charge in [0, 0.05) is 13.1 Å². The molecule has 1 atom stereocenters. The molecule has 2 N–H and O–H groups in total. The molecule has 1 saturated carbocycles. The maximum atomic E-state index is 12.1. The molecule has 1 amide bonds. The maximum absolute atomic E-state index is 12.1. The molecule has 0 saturated heterocycles. The van der Waals surface area contributed by atoms with E-state index in [2.05, 4.69) is 0 Å². The first-order valence-electron chi connectivity index (χ1n) is 6.56. The molecule has 0 spiro atoms. The van der Waals surface area contributed by atoms with Gasteiger partial charge in [0.1, 0.15) is 0 Å². The van der Waals surface area contributed by atoms with E-state index in [0.29, 0.717) is 6.04 Å². The van der Waals surface area contributed by atoms with Gasteiger partial charge >= 0.3 is 0 Å². The third-order valence-electron chi connectivity index (χ3n) is 3.72. The number of carbonyl (C=O) groups excluding carboxylic acids is 1.